The molecule has 186 valence electrons. The molecule has 0 aliphatic carbocycles. The van der Waals surface area contributed by atoms with Crippen molar-refractivity contribution < 1.29 is 23.8 Å². The normalized spacial score (nSPS) is 19.8. The van der Waals surface area contributed by atoms with Gasteiger partial charge in [0.05, 0.1) is 18.2 Å². The molecule has 2 aliphatic rings. The molecular weight excluding hydrogens is 459 g/mol. The van der Waals surface area contributed by atoms with Gasteiger partial charge in [-0.1, -0.05) is 60.7 Å². The minimum atomic E-state index is -1.03. The Balaban J connectivity index is 1.44. The highest BCUT2D eigenvalue weighted by atomic mass is 19.1. The van der Waals surface area contributed by atoms with Crippen molar-refractivity contribution in [2.75, 3.05) is 24.6 Å². The maximum Gasteiger partial charge on any atom is 0.326 e. The van der Waals surface area contributed by atoms with Gasteiger partial charge in [0, 0.05) is 25.2 Å². The Morgan fingerprint density at radius 1 is 0.944 bits per heavy atom. The Bertz CT molecular complexity index is 1180. The van der Waals surface area contributed by atoms with Crippen LogP contribution in [0.2, 0.25) is 0 Å². The van der Waals surface area contributed by atoms with E-state index in [4.69, 9.17) is 4.74 Å². The number of nitrogens with zero attached hydrogens (tertiary/aromatic N) is 2. The van der Waals surface area contributed by atoms with E-state index in [1.54, 1.807) is 6.07 Å². The third-order valence-electron chi connectivity index (χ3n) is 7.13. The van der Waals surface area contributed by atoms with Crippen LogP contribution < -0.4 is 9.64 Å². The molecule has 7 heteroatoms. The summed E-state index contributed by atoms with van der Waals surface area (Å²) in [7, 11) is 0. The fourth-order valence-electron chi connectivity index (χ4n) is 5.42. The Kier molecular flexibility index (Phi) is 6.89. The van der Waals surface area contributed by atoms with Gasteiger partial charge in [-0.25, -0.2) is 9.18 Å². The minimum Gasteiger partial charge on any atom is -0.491 e. The molecule has 1 fully saturated rings. The highest BCUT2D eigenvalue weighted by Gasteiger charge is 2.41. The Labute approximate surface area is 209 Å². The maximum atomic E-state index is 14.1. The molecule has 3 aromatic rings. The largest absolute Gasteiger partial charge is 0.491 e. The van der Waals surface area contributed by atoms with Crippen molar-refractivity contribution in [2.24, 2.45) is 0 Å². The molecule has 2 heterocycles. The molecule has 0 spiro atoms. The number of carbonyl (C=O) groups excluding carboxylic acids is 1. The van der Waals surface area contributed by atoms with Gasteiger partial charge in [0.1, 0.15) is 17.6 Å². The summed E-state index contributed by atoms with van der Waals surface area (Å²) in [5.41, 5.74) is 2.30. The highest BCUT2D eigenvalue weighted by molar-refractivity contribution is 5.91. The second-order valence-corrected chi connectivity index (χ2v) is 9.33. The zero-order valence-corrected chi connectivity index (χ0v) is 19.9. The van der Waals surface area contributed by atoms with Gasteiger partial charge >= 0.3 is 5.97 Å². The molecule has 5 rings (SSSR count). The molecule has 0 saturated carbocycles. The highest BCUT2D eigenvalue weighted by Crippen LogP contribution is 2.37. The quantitative estimate of drug-likeness (QED) is 0.564. The lowest BCUT2D eigenvalue weighted by Gasteiger charge is -2.43. The number of halogens is 1. The molecule has 1 amide bonds. The topological polar surface area (TPSA) is 70.1 Å². The van der Waals surface area contributed by atoms with Gasteiger partial charge in [-0.2, -0.15) is 0 Å². The third kappa shape index (κ3) is 4.78. The molecule has 3 aromatic carbocycles. The van der Waals surface area contributed by atoms with Gasteiger partial charge in [-0.05, 0) is 42.5 Å². The molecule has 1 N–H and O–H groups in total. The lowest BCUT2D eigenvalue weighted by atomic mass is 9.87. The lowest BCUT2D eigenvalue weighted by Crippen LogP contribution is -2.56. The zero-order valence-electron chi connectivity index (χ0n) is 19.9. The van der Waals surface area contributed by atoms with E-state index in [9.17, 15) is 19.1 Å². The number of carboxylic acid groups (broad SMARTS) is 1. The van der Waals surface area contributed by atoms with Crippen LogP contribution in [-0.4, -0.2) is 53.7 Å². The van der Waals surface area contributed by atoms with Crippen LogP contribution in [0.3, 0.4) is 0 Å². The van der Waals surface area contributed by atoms with Crippen molar-refractivity contribution in [1.29, 1.82) is 0 Å². The van der Waals surface area contributed by atoms with Gasteiger partial charge in [0.25, 0.3) is 0 Å². The smallest absolute Gasteiger partial charge is 0.326 e. The van der Waals surface area contributed by atoms with Crippen molar-refractivity contribution in [3.05, 3.63) is 95.8 Å². The van der Waals surface area contributed by atoms with E-state index in [1.807, 2.05) is 60.7 Å². The first-order valence-electron chi connectivity index (χ1n) is 12.3. The van der Waals surface area contributed by atoms with E-state index in [1.165, 1.54) is 17.0 Å². The van der Waals surface area contributed by atoms with Gasteiger partial charge in [0.15, 0.2) is 0 Å². The van der Waals surface area contributed by atoms with Gasteiger partial charge in [-0.15, -0.1) is 0 Å². The van der Waals surface area contributed by atoms with E-state index in [2.05, 4.69) is 4.90 Å². The van der Waals surface area contributed by atoms with Crippen molar-refractivity contribution in [3.63, 3.8) is 0 Å². The van der Waals surface area contributed by atoms with Crippen LogP contribution in [0.4, 0.5) is 10.1 Å². The molecule has 2 atom stereocenters. The number of aliphatic carboxylic acids is 1. The number of benzene rings is 3. The number of carbonyl (C=O) groups is 2. The number of carboxylic acids is 1. The predicted octanol–water partition coefficient (Wildman–Crippen LogP) is 4.69. The van der Waals surface area contributed by atoms with E-state index in [-0.39, 0.29) is 24.2 Å². The van der Waals surface area contributed by atoms with E-state index in [0.717, 1.165) is 17.5 Å². The number of ether oxygens (including phenoxy) is 1. The number of anilines is 1. The summed E-state index contributed by atoms with van der Waals surface area (Å²) in [6.07, 6.45) is 1.59. The van der Waals surface area contributed by atoms with Crippen LogP contribution >= 0.6 is 0 Å². The number of rotatable bonds is 5. The molecule has 1 saturated heterocycles. The lowest BCUT2D eigenvalue weighted by molar-refractivity contribution is -0.152. The summed E-state index contributed by atoms with van der Waals surface area (Å²) >= 11 is 0. The number of piperidine rings is 1. The average molecular weight is 489 g/mol. The number of hydrogen-bond donors (Lipinski definition) is 1. The number of amides is 1. The van der Waals surface area contributed by atoms with Gasteiger partial charge in [0.2, 0.25) is 5.91 Å². The number of likely N-dealkylation sites (tertiary alicyclic amines) is 1. The molecule has 36 heavy (non-hydrogen) atoms. The van der Waals surface area contributed by atoms with Crippen molar-refractivity contribution >= 4 is 17.6 Å². The summed E-state index contributed by atoms with van der Waals surface area (Å²) in [4.78, 5) is 30.0. The minimum absolute atomic E-state index is 0.149. The number of fused-ring (bicyclic) bond motifs is 1. The summed E-state index contributed by atoms with van der Waals surface area (Å²) in [6.45, 7) is 1.46. The van der Waals surface area contributed by atoms with Gasteiger partial charge in [-0.3, -0.25) is 4.79 Å². The van der Waals surface area contributed by atoms with Crippen LogP contribution in [0.15, 0.2) is 78.9 Å². The summed E-state index contributed by atoms with van der Waals surface area (Å²) < 4.78 is 19.9. The van der Waals surface area contributed by atoms with Crippen LogP contribution in [-0.2, 0) is 9.59 Å². The first-order valence-corrected chi connectivity index (χ1v) is 12.3. The fraction of sp³-hybridized carbons (Fsp3) is 0.310. The molecule has 0 radical (unpaired) electrons. The van der Waals surface area contributed by atoms with Crippen LogP contribution in [0, 0.1) is 5.82 Å². The van der Waals surface area contributed by atoms with E-state index < -0.39 is 17.9 Å². The molecule has 0 unspecified atom stereocenters. The standard InChI is InChI=1S/C29H29FN2O4/c30-22-12-13-26-24(18-22)31(15-7-17-36-26)23-14-16-32(25(19-23)29(34)35)28(33)27(20-8-3-1-4-9-20)21-10-5-2-6-11-21/h1-6,8-13,18,23,25,27H,7,14-17,19H2,(H,34,35)/t23-,25+/m1/s1. The van der Waals surface area contributed by atoms with Crippen molar-refractivity contribution in [2.45, 2.75) is 37.3 Å². The average Bonchev–Trinajstić information content (AvgIpc) is 3.12. The Hall–Kier alpha value is -3.87. The SMILES string of the molecule is O=C(O)[C@@H]1C[C@H](N2CCCOc3ccc(F)cc32)CCN1C(=O)C(c1ccccc1)c1ccccc1. The summed E-state index contributed by atoms with van der Waals surface area (Å²) in [5.74, 6) is -1.60. The molecular formula is C29H29FN2O4. The van der Waals surface area contributed by atoms with Crippen molar-refractivity contribution in [3.8, 4) is 5.75 Å². The fourth-order valence-corrected chi connectivity index (χ4v) is 5.42. The first kappa shape index (κ1) is 23.9. The molecule has 0 aromatic heterocycles. The summed E-state index contributed by atoms with van der Waals surface area (Å²) in [6, 6.07) is 22.3. The van der Waals surface area contributed by atoms with Crippen LogP contribution in [0.1, 0.15) is 36.3 Å². The van der Waals surface area contributed by atoms with E-state index >= 15 is 0 Å². The van der Waals surface area contributed by atoms with Crippen molar-refractivity contribution in [1.82, 2.24) is 4.90 Å². The Morgan fingerprint density at radius 3 is 2.25 bits per heavy atom. The third-order valence-corrected chi connectivity index (χ3v) is 7.13. The monoisotopic (exact) mass is 488 g/mol. The maximum absolute atomic E-state index is 14.1. The van der Waals surface area contributed by atoms with Crippen LogP contribution in [0.25, 0.3) is 0 Å². The zero-order chi connectivity index (χ0) is 25.1. The van der Waals surface area contributed by atoms with E-state index in [0.29, 0.717) is 37.6 Å². The molecule has 0 bridgehead atoms. The van der Waals surface area contributed by atoms with Gasteiger partial charge < -0.3 is 19.6 Å². The second-order valence-electron chi connectivity index (χ2n) is 9.33. The summed E-state index contributed by atoms with van der Waals surface area (Å²) in [5, 5.41) is 10.2. The molecule has 2 aliphatic heterocycles. The molecule has 6 nitrogen and oxygen atoms in total. The second kappa shape index (κ2) is 10.4. The first-order chi connectivity index (χ1) is 17.5. The number of hydrogen-bond acceptors (Lipinski definition) is 4. The van der Waals surface area contributed by atoms with Crippen LogP contribution in [0.5, 0.6) is 5.75 Å². The Morgan fingerprint density at radius 2 is 1.61 bits per heavy atom. The predicted molar refractivity (Wildman–Crippen MR) is 135 cm³/mol.